The molecule has 2 heterocycles. The second-order valence-electron chi connectivity index (χ2n) is 4.03. The summed E-state index contributed by atoms with van der Waals surface area (Å²) in [6.45, 7) is 8.01. The van der Waals surface area contributed by atoms with Gasteiger partial charge in [-0.3, -0.25) is 4.90 Å². The molecule has 10 nitrogen and oxygen atoms in total. The molecule has 0 fully saturated rings. The number of hydrogen-bond acceptors (Lipinski definition) is 8. The van der Waals surface area contributed by atoms with Crippen LogP contribution in [0.1, 0.15) is 27.0 Å². The highest BCUT2D eigenvalue weighted by molar-refractivity contribution is 5.40. The van der Waals surface area contributed by atoms with Crippen molar-refractivity contribution in [1.82, 2.24) is 45.3 Å². The summed E-state index contributed by atoms with van der Waals surface area (Å²) < 4.78 is 2.88. The van der Waals surface area contributed by atoms with Crippen LogP contribution < -0.4 is 0 Å². The molecular weight excluding hydrogens is 250 g/mol. The predicted molar refractivity (Wildman–Crippen MR) is 64.5 cm³/mol. The molecule has 2 rings (SSSR count). The molecule has 19 heavy (non-hydrogen) atoms. The zero-order chi connectivity index (χ0) is 13.8. The van der Waals surface area contributed by atoms with Gasteiger partial charge >= 0.3 is 0 Å². The van der Waals surface area contributed by atoms with Gasteiger partial charge in [-0.05, 0) is 40.9 Å². The van der Waals surface area contributed by atoms with Crippen molar-refractivity contribution in [3.63, 3.8) is 0 Å². The molecule has 0 aliphatic rings. The molecule has 2 aromatic rings. The first-order chi connectivity index (χ1) is 9.17. The molecule has 1 unspecified atom stereocenters. The molecule has 0 aliphatic heterocycles. The first-order valence-electron chi connectivity index (χ1n) is 6.12. The summed E-state index contributed by atoms with van der Waals surface area (Å²) in [4.78, 5) is 2.15. The van der Waals surface area contributed by atoms with Gasteiger partial charge in [-0.2, -0.15) is 4.68 Å². The molecular formula is C9H17N9O. The Hall–Kier alpha value is -1.94. The largest absolute Gasteiger partial charge is 0.372 e. The van der Waals surface area contributed by atoms with E-state index in [1.54, 1.807) is 11.6 Å². The lowest BCUT2D eigenvalue weighted by Crippen LogP contribution is -2.27. The highest BCUT2D eigenvalue weighted by atomic mass is 16.3. The molecule has 0 spiro atoms. The maximum Gasteiger partial charge on any atom is 0.224 e. The molecule has 10 heteroatoms. The van der Waals surface area contributed by atoms with Crippen LogP contribution in [-0.2, 0) is 6.67 Å². The van der Waals surface area contributed by atoms with Crippen molar-refractivity contribution in [2.45, 2.75) is 33.7 Å². The Morgan fingerprint density at radius 3 is 2.37 bits per heavy atom. The minimum absolute atomic E-state index is 0.340. The zero-order valence-corrected chi connectivity index (χ0v) is 11.2. The average molecular weight is 267 g/mol. The SMILES string of the molecule is CCN(CC)Cn1nnnc1-c1nnnn1C(C)O. The lowest BCUT2D eigenvalue weighted by atomic mass is 10.5. The van der Waals surface area contributed by atoms with E-state index in [2.05, 4.69) is 49.8 Å². The van der Waals surface area contributed by atoms with E-state index in [1.165, 1.54) is 4.68 Å². The summed E-state index contributed by atoms with van der Waals surface area (Å²) in [6.07, 6.45) is -0.844. The maximum absolute atomic E-state index is 9.59. The lowest BCUT2D eigenvalue weighted by molar-refractivity contribution is 0.110. The normalized spacial score (nSPS) is 13.1. The van der Waals surface area contributed by atoms with Gasteiger partial charge in [0, 0.05) is 0 Å². The van der Waals surface area contributed by atoms with E-state index >= 15 is 0 Å². The molecule has 0 radical (unpaired) electrons. The third kappa shape index (κ3) is 2.74. The van der Waals surface area contributed by atoms with E-state index in [9.17, 15) is 5.11 Å². The van der Waals surface area contributed by atoms with E-state index in [-0.39, 0.29) is 0 Å². The van der Waals surface area contributed by atoms with Crippen LogP contribution in [0.4, 0.5) is 0 Å². The second-order valence-corrected chi connectivity index (χ2v) is 4.03. The molecule has 2 aromatic heterocycles. The van der Waals surface area contributed by atoms with Crippen LogP contribution in [0.5, 0.6) is 0 Å². The quantitative estimate of drug-likeness (QED) is 0.719. The fourth-order valence-corrected chi connectivity index (χ4v) is 1.67. The van der Waals surface area contributed by atoms with Gasteiger partial charge in [0.2, 0.25) is 11.6 Å². The van der Waals surface area contributed by atoms with Crippen LogP contribution in [0.3, 0.4) is 0 Å². The van der Waals surface area contributed by atoms with E-state index in [1.807, 2.05) is 0 Å². The smallest absolute Gasteiger partial charge is 0.224 e. The van der Waals surface area contributed by atoms with Gasteiger partial charge < -0.3 is 5.11 Å². The van der Waals surface area contributed by atoms with Crippen molar-refractivity contribution < 1.29 is 5.11 Å². The van der Waals surface area contributed by atoms with Crippen LogP contribution in [0, 0.1) is 0 Å². The Bertz CT molecular complexity index is 515. The highest BCUT2D eigenvalue weighted by Crippen LogP contribution is 2.14. The van der Waals surface area contributed by atoms with Crippen LogP contribution in [0.25, 0.3) is 11.6 Å². The second kappa shape index (κ2) is 5.80. The Labute approximate surface area is 110 Å². The van der Waals surface area contributed by atoms with Gasteiger partial charge in [0.15, 0.2) is 0 Å². The molecule has 1 atom stereocenters. The van der Waals surface area contributed by atoms with Crippen LogP contribution in [-0.4, -0.2) is 63.5 Å². The lowest BCUT2D eigenvalue weighted by Gasteiger charge is -2.17. The number of rotatable bonds is 6. The Kier molecular flexibility index (Phi) is 4.12. The number of aliphatic hydroxyl groups is 1. The number of aromatic nitrogens is 8. The number of hydrogen-bond donors (Lipinski definition) is 1. The van der Waals surface area contributed by atoms with Gasteiger partial charge in [0.05, 0.1) is 6.67 Å². The van der Waals surface area contributed by atoms with Crippen LogP contribution >= 0.6 is 0 Å². The molecule has 1 N–H and O–H groups in total. The molecule has 0 aromatic carbocycles. The van der Waals surface area contributed by atoms with E-state index in [0.717, 1.165) is 13.1 Å². The minimum Gasteiger partial charge on any atom is -0.372 e. The summed E-state index contributed by atoms with van der Waals surface area (Å²) >= 11 is 0. The van der Waals surface area contributed by atoms with Crippen molar-refractivity contribution in [1.29, 1.82) is 0 Å². The molecule has 0 bridgehead atoms. The number of tetrazole rings is 2. The van der Waals surface area contributed by atoms with Crippen LogP contribution in [0.2, 0.25) is 0 Å². The Balaban J connectivity index is 2.31. The summed E-state index contributed by atoms with van der Waals surface area (Å²) in [5.74, 6) is 0.768. The van der Waals surface area contributed by atoms with Crippen molar-refractivity contribution in [3.05, 3.63) is 0 Å². The van der Waals surface area contributed by atoms with E-state index in [0.29, 0.717) is 18.3 Å². The third-order valence-electron chi connectivity index (χ3n) is 2.81. The standard InChI is InChI=1S/C9H17N9O/c1-4-16(5-2)6-17-8(10-12-14-17)9-11-13-15-18(9)7(3)19/h7,19H,4-6H2,1-3H3. The van der Waals surface area contributed by atoms with Crippen molar-refractivity contribution >= 4 is 0 Å². The van der Waals surface area contributed by atoms with Crippen molar-refractivity contribution in [2.24, 2.45) is 0 Å². The molecule has 0 aliphatic carbocycles. The predicted octanol–water partition coefficient (Wildman–Crippen LogP) is -0.863. The Morgan fingerprint density at radius 2 is 1.74 bits per heavy atom. The summed E-state index contributed by atoms with van der Waals surface area (Å²) in [6, 6.07) is 0. The average Bonchev–Trinajstić information content (AvgIpc) is 3.03. The molecule has 0 saturated heterocycles. The van der Waals surface area contributed by atoms with Gasteiger partial charge in [0.25, 0.3) is 0 Å². The maximum atomic E-state index is 9.59. The minimum atomic E-state index is -0.844. The summed E-state index contributed by atoms with van der Waals surface area (Å²) in [5, 5.41) is 32.2. The topological polar surface area (TPSA) is 111 Å². The molecule has 0 saturated carbocycles. The van der Waals surface area contributed by atoms with Gasteiger partial charge in [-0.25, -0.2) is 4.68 Å². The fourth-order valence-electron chi connectivity index (χ4n) is 1.67. The van der Waals surface area contributed by atoms with Gasteiger partial charge in [-0.1, -0.05) is 13.8 Å². The number of nitrogens with zero attached hydrogens (tertiary/aromatic N) is 9. The molecule has 0 amide bonds. The Morgan fingerprint density at radius 1 is 1.11 bits per heavy atom. The third-order valence-corrected chi connectivity index (χ3v) is 2.81. The zero-order valence-electron chi connectivity index (χ0n) is 11.2. The number of aliphatic hydroxyl groups excluding tert-OH is 1. The first kappa shape index (κ1) is 13.5. The van der Waals surface area contributed by atoms with Gasteiger partial charge in [-0.15, -0.1) is 10.2 Å². The molecule has 104 valence electrons. The van der Waals surface area contributed by atoms with Crippen molar-refractivity contribution in [2.75, 3.05) is 13.1 Å². The summed E-state index contributed by atoms with van der Waals surface area (Å²) in [7, 11) is 0. The van der Waals surface area contributed by atoms with Crippen LogP contribution in [0.15, 0.2) is 0 Å². The fraction of sp³-hybridized carbons (Fsp3) is 0.778. The summed E-state index contributed by atoms with van der Waals surface area (Å²) in [5.41, 5.74) is 0. The van der Waals surface area contributed by atoms with E-state index < -0.39 is 6.23 Å². The van der Waals surface area contributed by atoms with Gasteiger partial charge in [0.1, 0.15) is 6.23 Å². The first-order valence-corrected chi connectivity index (χ1v) is 6.12. The van der Waals surface area contributed by atoms with E-state index in [4.69, 9.17) is 0 Å². The highest BCUT2D eigenvalue weighted by Gasteiger charge is 2.19. The monoisotopic (exact) mass is 267 g/mol. The van der Waals surface area contributed by atoms with Crippen molar-refractivity contribution in [3.8, 4) is 11.6 Å².